The average molecular weight is 184 g/mol. The van der Waals surface area contributed by atoms with Crippen molar-refractivity contribution in [2.45, 2.75) is 6.42 Å². The molecule has 0 spiro atoms. The normalized spacial score (nSPS) is 9.93. The molecule has 0 aromatic carbocycles. The molecule has 14 heavy (non-hydrogen) atoms. The van der Waals surface area contributed by atoms with Crippen LogP contribution in [0, 0.1) is 11.3 Å². The number of nitrogens with zero attached hydrogens (tertiary/aromatic N) is 1. The lowest BCUT2D eigenvalue weighted by molar-refractivity contribution is 1.21. The third-order valence-electron chi connectivity index (χ3n) is 2.14. The van der Waals surface area contributed by atoms with Crippen LogP contribution in [0.5, 0.6) is 0 Å². The summed E-state index contributed by atoms with van der Waals surface area (Å²) in [5.41, 5.74) is 2.01. The zero-order valence-corrected chi connectivity index (χ0v) is 7.45. The van der Waals surface area contributed by atoms with Crippen LogP contribution in [0.3, 0.4) is 0 Å². The van der Waals surface area contributed by atoms with Crippen LogP contribution in [-0.2, 0) is 6.42 Å². The Morgan fingerprint density at radius 2 is 2.07 bits per heavy atom. The molecule has 0 aromatic rings. The van der Waals surface area contributed by atoms with Gasteiger partial charge in [-0.25, -0.2) is 0 Å². The van der Waals surface area contributed by atoms with E-state index in [2.05, 4.69) is 4.98 Å². The number of aromatic nitrogens is 1. The molecule has 0 saturated carbocycles. The number of rotatable bonds is 1. The van der Waals surface area contributed by atoms with Gasteiger partial charge in [-0.2, -0.15) is 5.26 Å². The van der Waals surface area contributed by atoms with Crippen LogP contribution in [0.15, 0.2) is 35.1 Å². The minimum absolute atomic E-state index is 0.156. The van der Waals surface area contributed by atoms with Gasteiger partial charge in [-0.05, 0) is 6.07 Å². The standard InChI is InChI=1S/C11H8N2O/c12-7-6-9-8-4-2-1-3-5-10(8)13-11(9)14/h1-5H,6H2,(H,13,14). The van der Waals surface area contributed by atoms with E-state index in [0.29, 0.717) is 5.56 Å². The van der Waals surface area contributed by atoms with Crippen LogP contribution in [0.1, 0.15) is 5.56 Å². The van der Waals surface area contributed by atoms with E-state index in [4.69, 9.17) is 5.26 Å². The third kappa shape index (κ3) is 1.27. The fraction of sp³-hybridized carbons (Fsp3) is 0.0909. The minimum atomic E-state index is -0.159. The molecular formula is C11H8N2O. The number of H-pyrrole nitrogens is 1. The quantitative estimate of drug-likeness (QED) is 0.730. The highest BCUT2D eigenvalue weighted by atomic mass is 16.1. The maximum Gasteiger partial charge on any atom is 0.253 e. The summed E-state index contributed by atoms with van der Waals surface area (Å²) in [5.74, 6) is 0. The number of aromatic amines is 1. The van der Waals surface area contributed by atoms with E-state index in [0.717, 1.165) is 11.3 Å². The van der Waals surface area contributed by atoms with Crippen LogP contribution < -0.4 is 5.56 Å². The molecule has 68 valence electrons. The first-order valence-corrected chi connectivity index (χ1v) is 4.30. The van der Waals surface area contributed by atoms with E-state index < -0.39 is 0 Å². The Kier molecular flexibility index (Phi) is 2.04. The molecule has 0 saturated heterocycles. The molecule has 0 aromatic heterocycles. The van der Waals surface area contributed by atoms with Gasteiger partial charge in [0.2, 0.25) is 0 Å². The summed E-state index contributed by atoms with van der Waals surface area (Å²) >= 11 is 0. The Hall–Kier alpha value is -2.08. The first kappa shape index (κ1) is 8.52. The molecule has 1 aliphatic heterocycles. The van der Waals surface area contributed by atoms with Gasteiger partial charge in [-0.3, -0.25) is 4.79 Å². The lowest BCUT2D eigenvalue weighted by Crippen LogP contribution is -2.03. The number of hydrogen-bond donors (Lipinski definition) is 1. The molecule has 1 N–H and O–H groups in total. The molecule has 0 radical (unpaired) electrons. The fourth-order valence-electron chi connectivity index (χ4n) is 1.49. The zero-order valence-electron chi connectivity index (χ0n) is 7.45. The Morgan fingerprint density at radius 1 is 1.29 bits per heavy atom. The number of nitriles is 1. The molecule has 0 bridgehead atoms. The highest BCUT2D eigenvalue weighted by Gasteiger charge is 2.12. The fourth-order valence-corrected chi connectivity index (χ4v) is 1.49. The van der Waals surface area contributed by atoms with Gasteiger partial charge in [-0.15, -0.1) is 0 Å². The van der Waals surface area contributed by atoms with Crippen molar-refractivity contribution in [3.8, 4) is 17.3 Å². The van der Waals surface area contributed by atoms with Crippen LogP contribution in [0.4, 0.5) is 0 Å². The first-order valence-electron chi connectivity index (χ1n) is 4.30. The van der Waals surface area contributed by atoms with Crippen LogP contribution >= 0.6 is 0 Å². The van der Waals surface area contributed by atoms with E-state index in [1.165, 1.54) is 0 Å². The molecule has 2 rings (SSSR count). The van der Waals surface area contributed by atoms with Crippen molar-refractivity contribution in [3.63, 3.8) is 0 Å². The van der Waals surface area contributed by atoms with Crippen molar-refractivity contribution in [1.82, 2.24) is 4.98 Å². The SMILES string of the molecule is N#CCc1c2cccccc-2[nH]c1=O. The van der Waals surface area contributed by atoms with Gasteiger partial charge in [0.25, 0.3) is 5.56 Å². The molecule has 0 unspecified atom stereocenters. The Morgan fingerprint density at radius 3 is 2.86 bits per heavy atom. The van der Waals surface area contributed by atoms with Crippen molar-refractivity contribution in [3.05, 3.63) is 46.2 Å². The van der Waals surface area contributed by atoms with Crippen molar-refractivity contribution in [2.75, 3.05) is 0 Å². The predicted molar refractivity (Wildman–Crippen MR) is 53.0 cm³/mol. The van der Waals surface area contributed by atoms with Crippen LogP contribution in [-0.4, -0.2) is 4.98 Å². The maximum absolute atomic E-state index is 11.4. The molecule has 3 heteroatoms. The van der Waals surface area contributed by atoms with E-state index in [1.54, 1.807) is 0 Å². The highest BCUT2D eigenvalue weighted by Crippen LogP contribution is 2.20. The zero-order chi connectivity index (χ0) is 9.97. The van der Waals surface area contributed by atoms with Crippen molar-refractivity contribution < 1.29 is 0 Å². The van der Waals surface area contributed by atoms with E-state index in [1.807, 2.05) is 36.4 Å². The Bertz CT molecular complexity index is 522. The van der Waals surface area contributed by atoms with Gasteiger partial charge in [0.05, 0.1) is 12.5 Å². The lowest BCUT2D eigenvalue weighted by Gasteiger charge is -1.91. The minimum Gasteiger partial charge on any atom is -0.322 e. The topological polar surface area (TPSA) is 56.6 Å². The molecule has 0 atom stereocenters. The summed E-state index contributed by atoms with van der Waals surface area (Å²) in [5, 5.41) is 8.58. The number of fused-ring (bicyclic) bond motifs is 1. The highest BCUT2D eigenvalue weighted by molar-refractivity contribution is 5.65. The summed E-state index contributed by atoms with van der Waals surface area (Å²) in [6.45, 7) is 0. The van der Waals surface area contributed by atoms with Gasteiger partial charge in [-0.1, -0.05) is 24.3 Å². The summed E-state index contributed by atoms with van der Waals surface area (Å²) in [6, 6.07) is 11.3. The molecule has 1 heterocycles. The number of hydrogen-bond acceptors (Lipinski definition) is 2. The van der Waals surface area contributed by atoms with Crippen molar-refractivity contribution in [2.24, 2.45) is 0 Å². The molecule has 3 nitrogen and oxygen atoms in total. The van der Waals surface area contributed by atoms with Crippen molar-refractivity contribution >= 4 is 0 Å². The second-order valence-electron chi connectivity index (χ2n) is 3.01. The molecular weight excluding hydrogens is 176 g/mol. The summed E-state index contributed by atoms with van der Waals surface area (Å²) in [6.07, 6.45) is 0.156. The van der Waals surface area contributed by atoms with Gasteiger partial charge in [0.15, 0.2) is 0 Å². The third-order valence-corrected chi connectivity index (χ3v) is 2.14. The summed E-state index contributed by atoms with van der Waals surface area (Å²) < 4.78 is 0. The molecule has 2 aliphatic rings. The smallest absolute Gasteiger partial charge is 0.253 e. The Labute approximate surface area is 81.0 Å². The second-order valence-corrected chi connectivity index (χ2v) is 3.01. The monoisotopic (exact) mass is 184 g/mol. The largest absolute Gasteiger partial charge is 0.322 e. The first-order chi connectivity index (χ1) is 6.83. The predicted octanol–water partition coefficient (Wildman–Crippen LogP) is 1.55. The molecule has 0 amide bonds. The molecule has 1 aliphatic carbocycles. The molecule has 0 fully saturated rings. The van der Waals surface area contributed by atoms with E-state index in [-0.39, 0.29) is 12.0 Å². The van der Waals surface area contributed by atoms with E-state index >= 15 is 0 Å². The Balaban J connectivity index is 2.72. The van der Waals surface area contributed by atoms with Gasteiger partial charge in [0, 0.05) is 16.8 Å². The number of nitrogens with one attached hydrogen (secondary N) is 1. The average Bonchev–Trinajstić information content (AvgIpc) is 2.39. The summed E-state index contributed by atoms with van der Waals surface area (Å²) in [4.78, 5) is 14.1. The summed E-state index contributed by atoms with van der Waals surface area (Å²) in [7, 11) is 0. The lowest BCUT2D eigenvalue weighted by atomic mass is 10.1. The second kappa shape index (κ2) is 3.35. The van der Waals surface area contributed by atoms with Gasteiger partial charge >= 0.3 is 0 Å². The van der Waals surface area contributed by atoms with Gasteiger partial charge in [0.1, 0.15) is 0 Å². The van der Waals surface area contributed by atoms with Crippen LogP contribution in [0.2, 0.25) is 0 Å². The van der Waals surface area contributed by atoms with Crippen LogP contribution in [0.25, 0.3) is 11.3 Å². The van der Waals surface area contributed by atoms with Gasteiger partial charge < -0.3 is 4.98 Å². The maximum atomic E-state index is 11.4. The van der Waals surface area contributed by atoms with E-state index in [9.17, 15) is 4.79 Å². The van der Waals surface area contributed by atoms with Crippen molar-refractivity contribution in [1.29, 1.82) is 5.26 Å².